The van der Waals surface area contributed by atoms with Crippen molar-refractivity contribution in [1.82, 2.24) is 4.98 Å². The zero-order valence-electron chi connectivity index (χ0n) is 38.3. The molecule has 1 fully saturated rings. The van der Waals surface area contributed by atoms with Gasteiger partial charge in [-0.15, -0.1) is 11.3 Å². The zero-order chi connectivity index (χ0) is 45.4. The molecule has 1 aliphatic rings. The van der Waals surface area contributed by atoms with E-state index in [1.54, 1.807) is 11.3 Å². The Labute approximate surface area is 389 Å². The molecule has 8 nitrogen and oxygen atoms in total. The van der Waals surface area contributed by atoms with Crippen molar-refractivity contribution in [3.8, 4) is 5.75 Å². The largest absolute Gasteiger partial charge is 0.488 e. The molecule has 0 bridgehead atoms. The average molecular weight is 908 g/mol. The van der Waals surface area contributed by atoms with Gasteiger partial charge in [-0.3, -0.25) is 0 Å². The van der Waals surface area contributed by atoms with Crippen LogP contribution in [-0.2, 0) is 55.6 Å². The molecule has 10 heteroatoms. The number of rotatable bonds is 18. The second-order valence-electron chi connectivity index (χ2n) is 18.5. The number of thiazole rings is 1. The van der Waals surface area contributed by atoms with Crippen LogP contribution in [0.1, 0.15) is 77.2 Å². The quantitative estimate of drug-likeness (QED) is 0.0852. The molecule has 1 aromatic heterocycles. The van der Waals surface area contributed by atoms with Crippen LogP contribution in [0.2, 0.25) is 18.1 Å². The summed E-state index contributed by atoms with van der Waals surface area (Å²) in [5, 5.41) is 14.6. The molecule has 0 spiro atoms. The van der Waals surface area contributed by atoms with Gasteiger partial charge in [0.05, 0.1) is 54.4 Å². The number of benzene rings is 6. The van der Waals surface area contributed by atoms with E-state index < -0.39 is 38.5 Å². The normalized spacial score (nSPS) is 19.6. The third-order valence-corrected chi connectivity index (χ3v) is 18.1. The Balaban J connectivity index is 1.28. The summed E-state index contributed by atoms with van der Waals surface area (Å²) in [5.74, 6) is -1.63. The van der Waals surface area contributed by atoms with Crippen molar-refractivity contribution < 1.29 is 33.2 Å². The van der Waals surface area contributed by atoms with Gasteiger partial charge < -0.3 is 33.2 Å². The Kier molecular flexibility index (Phi) is 14.8. The van der Waals surface area contributed by atoms with Crippen molar-refractivity contribution in [2.45, 2.75) is 109 Å². The highest BCUT2D eigenvalue weighted by Crippen LogP contribution is 2.48. The molecule has 3 unspecified atom stereocenters. The third kappa shape index (κ3) is 11.3. The van der Waals surface area contributed by atoms with Gasteiger partial charge in [0.2, 0.25) is 5.79 Å². The van der Waals surface area contributed by atoms with E-state index in [-0.39, 0.29) is 24.9 Å². The van der Waals surface area contributed by atoms with Gasteiger partial charge in [-0.05, 0) is 82.7 Å². The minimum absolute atomic E-state index is 0.102. The van der Waals surface area contributed by atoms with Crippen LogP contribution in [0.4, 0.5) is 0 Å². The first-order chi connectivity index (χ1) is 31.4. The minimum Gasteiger partial charge on any atom is -0.488 e. The van der Waals surface area contributed by atoms with Gasteiger partial charge in [-0.25, -0.2) is 4.98 Å². The number of aromatic nitrogens is 1. The van der Waals surface area contributed by atoms with Crippen LogP contribution in [-0.4, -0.2) is 43.3 Å². The van der Waals surface area contributed by atoms with Gasteiger partial charge >= 0.3 is 0 Å². The highest BCUT2D eigenvalue weighted by molar-refractivity contribution is 7.18. The predicted octanol–water partition coefficient (Wildman–Crippen LogP) is 12.6. The lowest BCUT2D eigenvalue weighted by molar-refractivity contribution is -0.352. The lowest BCUT2D eigenvalue weighted by Crippen LogP contribution is -2.58. The first-order valence-corrected chi connectivity index (χ1v) is 26.3. The van der Waals surface area contributed by atoms with Crippen molar-refractivity contribution in [3.63, 3.8) is 0 Å². The smallest absolute Gasteiger partial charge is 0.226 e. The number of aliphatic hydroxyl groups is 1. The lowest BCUT2D eigenvalue weighted by atomic mass is 9.86. The molecule has 65 heavy (non-hydrogen) atoms. The topological polar surface area (TPSA) is 88.5 Å². The van der Waals surface area contributed by atoms with Crippen molar-refractivity contribution in [1.29, 1.82) is 0 Å². The summed E-state index contributed by atoms with van der Waals surface area (Å²) in [4.78, 5) is 5.20. The summed E-state index contributed by atoms with van der Waals surface area (Å²) >= 11 is 1.63. The molecule has 1 N–H and O–H groups in total. The highest BCUT2D eigenvalue weighted by Gasteiger charge is 2.54. The van der Waals surface area contributed by atoms with Gasteiger partial charge in [-0.2, -0.15) is 0 Å². The molecule has 0 saturated carbocycles. The van der Waals surface area contributed by atoms with E-state index in [4.69, 9.17) is 33.1 Å². The van der Waals surface area contributed by atoms with Crippen molar-refractivity contribution in [2.24, 2.45) is 0 Å². The second kappa shape index (κ2) is 20.7. The van der Waals surface area contributed by atoms with E-state index in [0.29, 0.717) is 30.9 Å². The number of nitrogens with zero attached hydrogens (tertiary/aromatic N) is 1. The van der Waals surface area contributed by atoms with Crippen LogP contribution < -0.4 is 4.74 Å². The number of aryl methyl sites for hydroxylation is 1. The fraction of sp³-hybridized carbons (Fsp3) is 0.327. The van der Waals surface area contributed by atoms with E-state index in [9.17, 15) is 5.11 Å². The molecular formula is C55H61NO7SSi. The molecule has 6 aromatic carbocycles. The molecule has 0 radical (unpaired) electrons. The van der Waals surface area contributed by atoms with Crippen LogP contribution in [0.25, 0.3) is 10.2 Å². The van der Waals surface area contributed by atoms with E-state index in [1.165, 1.54) is 0 Å². The van der Waals surface area contributed by atoms with Crippen LogP contribution in [0.15, 0.2) is 158 Å². The summed E-state index contributed by atoms with van der Waals surface area (Å²) in [6, 6.07) is 52.4. The summed E-state index contributed by atoms with van der Waals surface area (Å²) in [7, 11) is -2.45. The van der Waals surface area contributed by atoms with Crippen molar-refractivity contribution in [3.05, 3.63) is 202 Å². The molecule has 7 aromatic rings. The standard InChI is InChI=1S/C55H61NO7SSi/c1-39-31-48(59-35-41-23-13-8-14-24-41)46(33-45(39)51(63-65(5,6)54(2,3)4)53-56-47-29-19-20-30-50(47)64-53)55(57)52(61-37-43-27-17-10-18-28-43)49(60-36-42-25-15-9-16-26-42)32-44(62-55)38-58-34-40-21-11-7-12-22-40/h7-31,33,44,49,51-52,57H,32,34-38H2,1-6H3/t44-,49-,51?,52?,55?/m0/s1. The Morgan fingerprint density at radius 2 is 1.26 bits per heavy atom. The van der Waals surface area contributed by atoms with Gasteiger partial charge in [0, 0.05) is 6.42 Å². The monoisotopic (exact) mass is 907 g/mol. The van der Waals surface area contributed by atoms with E-state index in [1.807, 2.05) is 152 Å². The van der Waals surface area contributed by atoms with Gasteiger partial charge in [0.1, 0.15) is 29.6 Å². The van der Waals surface area contributed by atoms with E-state index in [2.05, 4.69) is 46.9 Å². The third-order valence-electron chi connectivity index (χ3n) is 12.6. The fourth-order valence-corrected chi connectivity index (χ4v) is 10.2. The first-order valence-electron chi connectivity index (χ1n) is 22.5. The minimum atomic E-state index is -2.45. The van der Waals surface area contributed by atoms with Gasteiger partial charge in [0.15, 0.2) is 8.32 Å². The molecule has 5 atom stereocenters. The van der Waals surface area contributed by atoms with Crippen LogP contribution in [0, 0.1) is 6.92 Å². The van der Waals surface area contributed by atoms with Crippen molar-refractivity contribution in [2.75, 3.05) is 6.61 Å². The van der Waals surface area contributed by atoms with Gasteiger partial charge in [-0.1, -0.05) is 154 Å². The Bertz CT molecular complexity index is 2550. The zero-order valence-corrected chi connectivity index (χ0v) is 40.1. The first kappa shape index (κ1) is 46.5. The van der Waals surface area contributed by atoms with E-state index >= 15 is 0 Å². The number of fused-ring (bicyclic) bond motifs is 1. The summed E-state index contributed by atoms with van der Waals surface area (Å²) in [6.45, 7) is 14.7. The maximum absolute atomic E-state index is 13.8. The summed E-state index contributed by atoms with van der Waals surface area (Å²) < 4.78 is 42.5. The summed E-state index contributed by atoms with van der Waals surface area (Å²) in [6.07, 6.45) is -2.37. The average Bonchev–Trinajstić information content (AvgIpc) is 3.75. The molecule has 2 heterocycles. The molecule has 338 valence electrons. The van der Waals surface area contributed by atoms with Crippen LogP contribution >= 0.6 is 11.3 Å². The number of para-hydroxylation sites is 1. The maximum Gasteiger partial charge on any atom is 0.226 e. The predicted molar refractivity (Wildman–Crippen MR) is 261 cm³/mol. The Morgan fingerprint density at radius 3 is 1.85 bits per heavy atom. The number of ether oxygens (including phenoxy) is 5. The van der Waals surface area contributed by atoms with E-state index in [0.717, 1.165) is 48.6 Å². The fourth-order valence-electron chi connectivity index (χ4n) is 7.95. The van der Waals surface area contributed by atoms with Crippen LogP contribution in [0.5, 0.6) is 5.75 Å². The summed E-state index contributed by atoms with van der Waals surface area (Å²) in [5.41, 5.74) is 7.11. The maximum atomic E-state index is 13.8. The number of hydrogen-bond acceptors (Lipinski definition) is 9. The molecule has 0 aliphatic carbocycles. The number of hydrogen-bond donors (Lipinski definition) is 1. The SMILES string of the molecule is Cc1cc(OCc2ccccc2)c(C2(O)O[C@H](COCc3ccccc3)C[C@H](OCc3ccccc3)C2OCc2ccccc2)cc1C(O[Si](C)(C)C(C)(C)C)c1nc2ccccc2s1. The van der Waals surface area contributed by atoms with Crippen molar-refractivity contribution >= 4 is 29.9 Å². The molecule has 8 rings (SSSR count). The second-order valence-corrected chi connectivity index (χ2v) is 24.3. The van der Waals surface area contributed by atoms with Gasteiger partial charge in [0.25, 0.3) is 0 Å². The lowest BCUT2D eigenvalue weighted by Gasteiger charge is -2.47. The molecular weight excluding hydrogens is 847 g/mol. The molecule has 1 saturated heterocycles. The highest BCUT2D eigenvalue weighted by atomic mass is 32.1. The Hall–Kier alpha value is -5.01. The molecule has 1 aliphatic heterocycles. The van der Waals surface area contributed by atoms with Crippen LogP contribution in [0.3, 0.4) is 0 Å². The molecule has 0 amide bonds. The Morgan fingerprint density at radius 1 is 0.723 bits per heavy atom.